The molecule has 0 spiro atoms. The number of rotatable bonds is 4. The van der Waals surface area contributed by atoms with Crippen molar-refractivity contribution in [1.82, 2.24) is 15.5 Å². The second-order valence-corrected chi connectivity index (χ2v) is 4.77. The van der Waals surface area contributed by atoms with Crippen LogP contribution in [0.5, 0.6) is 5.75 Å². The number of para-hydroxylation sites is 1. The summed E-state index contributed by atoms with van der Waals surface area (Å²) < 4.78 is 11.0. The topological polar surface area (TPSA) is 77.2 Å². The van der Waals surface area contributed by atoms with Gasteiger partial charge in [-0.2, -0.15) is 0 Å². The number of methoxy groups -OCH3 is 1. The lowest BCUT2D eigenvalue weighted by molar-refractivity contribution is 0.0963. The fourth-order valence-electron chi connectivity index (χ4n) is 2.21. The molecule has 1 heterocycles. The van der Waals surface area contributed by atoms with Crippen molar-refractivity contribution in [2.24, 2.45) is 0 Å². The Kier molecular flexibility index (Phi) is 4.05. The highest BCUT2D eigenvalue weighted by Crippen LogP contribution is 2.30. The van der Waals surface area contributed by atoms with Gasteiger partial charge in [0.25, 0.3) is 11.8 Å². The number of nitrogens with one attached hydrogen (secondary N) is 1. The Labute approximate surface area is 133 Å². The van der Waals surface area contributed by atoms with Crippen molar-refractivity contribution in [2.75, 3.05) is 14.2 Å². The highest BCUT2D eigenvalue weighted by atomic mass is 16.5. The van der Waals surface area contributed by atoms with Crippen LogP contribution in [-0.4, -0.2) is 30.3 Å². The first-order valence-corrected chi connectivity index (χ1v) is 7.02. The Morgan fingerprint density at radius 2 is 1.87 bits per heavy atom. The van der Waals surface area contributed by atoms with Gasteiger partial charge in [0.2, 0.25) is 5.89 Å². The van der Waals surface area contributed by atoms with Gasteiger partial charge < -0.3 is 14.5 Å². The largest absolute Gasteiger partial charge is 0.496 e. The summed E-state index contributed by atoms with van der Waals surface area (Å²) in [6.07, 6.45) is 0. The van der Waals surface area contributed by atoms with Crippen LogP contribution in [0.25, 0.3) is 22.9 Å². The van der Waals surface area contributed by atoms with Crippen molar-refractivity contribution >= 4 is 5.91 Å². The zero-order chi connectivity index (χ0) is 16.2. The van der Waals surface area contributed by atoms with Gasteiger partial charge in [0, 0.05) is 18.2 Å². The van der Waals surface area contributed by atoms with Gasteiger partial charge in [0.15, 0.2) is 0 Å². The predicted octanol–water partition coefficient (Wildman–Crippen LogP) is 2.77. The number of amides is 1. The minimum atomic E-state index is -0.170. The molecule has 0 aliphatic carbocycles. The highest BCUT2D eigenvalue weighted by Gasteiger charge is 2.15. The van der Waals surface area contributed by atoms with Gasteiger partial charge in [-0.25, -0.2) is 0 Å². The zero-order valence-electron chi connectivity index (χ0n) is 12.7. The van der Waals surface area contributed by atoms with Gasteiger partial charge in [0.05, 0.1) is 12.7 Å². The molecule has 0 saturated heterocycles. The van der Waals surface area contributed by atoms with E-state index in [9.17, 15) is 4.79 Å². The fourth-order valence-corrected chi connectivity index (χ4v) is 2.21. The number of carbonyl (C=O) groups is 1. The molecule has 6 heteroatoms. The summed E-state index contributed by atoms with van der Waals surface area (Å²) in [5, 5.41) is 10.7. The molecule has 1 aromatic heterocycles. The molecule has 0 bridgehead atoms. The maximum absolute atomic E-state index is 11.7. The molecule has 0 radical (unpaired) electrons. The normalized spacial score (nSPS) is 10.3. The number of aromatic nitrogens is 2. The van der Waals surface area contributed by atoms with Gasteiger partial charge >= 0.3 is 0 Å². The van der Waals surface area contributed by atoms with E-state index in [1.54, 1.807) is 32.4 Å². The van der Waals surface area contributed by atoms with Crippen LogP contribution in [0.15, 0.2) is 52.9 Å². The van der Waals surface area contributed by atoms with Crippen LogP contribution in [0.1, 0.15) is 10.4 Å². The third-order valence-electron chi connectivity index (χ3n) is 3.36. The lowest BCUT2D eigenvalue weighted by atomic mass is 10.1. The molecule has 6 nitrogen and oxygen atoms in total. The van der Waals surface area contributed by atoms with Gasteiger partial charge in [0.1, 0.15) is 5.75 Å². The van der Waals surface area contributed by atoms with Gasteiger partial charge in [-0.15, -0.1) is 10.2 Å². The van der Waals surface area contributed by atoms with E-state index in [-0.39, 0.29) is 5.91 Å². The Morgan fingerprint density at radius 3 is 2.65 bits per heavy atom. The lowest BCUT2D eigenvalue weighted by Gasteiger charge is -2.03. The van der Waals surface area contributed by atoms with Crippen molar-refractivity contribution in [3.05, 3.63) is 54.1 Å². The lowest BCUT2D eigenvalue weighted by Crippen LogP contribution is -2.17. The minimum Gasteiger partial charge on any atom is -0.496 e. The number of ether oxygens (including phenoxy) is 1. The number of carbonyl (C=O) groups excluding carboxylic acids is 1. The summed E-state index contributed by atoms with van der Waals surface area (Å²) in [7, 11) is 3.17. The summed E-state index contributed by atoms with van der Waals surface area (Å²) in [6.45, 7) is 0. The van der Waals surface area contributed by atoms with E-state index in [1.165, 1.54) is 0 Å². The molecule has 0 fully saturated rings. The Hall–Kier alpha value is -3.15. The maximum Gasteiger partial charge on any atom is 0.251 e. The molecule has 3 rings (SSSR count). The Morgan fingerprint density at radius 1 is 1.09 bits per heavy atom. The monoisotopic (exact) mass is 309 g/mol. The molecular formula is C17H15N3O3. The van der Waals surface area contributed by atoms with E-state index >= 15 is 0 Å². The van der Waals surface area contributed by atoms with Crippen LogP contribution in [0.3, 0.4) is 0 Å². The van der Waals surface area contributed by atoms with E-state index in [0.29, 0.717) is 28.7 Å². The van der Waals surface area contributed by atoms with Gasteiger partial charge in [-0.3, -0.25) is 4.79 Å². The summed E-state index contributed by atoms with van der Waals surface area (Å²) in [6, 6.07) is 14.4. The van der Waals surface area contributed by atoms with E-state index in [0.717, 1.165) is 5.56 Å². The first-order valence-electron chi connectivity index (χ1n) is 7.02. The smallest absolute Gasteiger partial charge is 0.251 e. The zero-order valence-corrected chi connectivity index (χ0v) is 12.7. The van der Waals surface area contributed by atoms with Crippen LogP contribution in [-0.2, 0) is 0 Å². The average Bonchev–Trinajstić information content (AvgIpc) is 3.11. The number of hydrogen-bond donors (Lipinski definition) is 1. The van der Waals surface area contributed by atoms with Crippen molar-refractivity contribution in [3.63, 3.8) is 0 Å². The molecule has 23 heavy (non-hydrogen) atoms. The van der Waals surface area contributed by atoms with Crippen molar-refractivity contribution in [1.29, 1.82) is 0 Å². The van der Waals surface area contributed by atoms with Crippen molar-refractivity contribution in [2.45, 2.75) is 0 Å². The summed E-state index contributed by atoms with van der Waals surface area (Å²) in [4.78, 5) is 11.7. The third-order valence-corrected chi connectivity index (χ3v) is 3.36. The van der Waals surface area contributed by atoms with Crippen molar-refractivity contribution < 1.29 is 13.9 Å². The average molecular weight is 309 g/mol. The van der Waals surface area contributed by atoms with Crippen molar-refractivity contribution in [3.8, 4) is 28.7 Å². The molecule has 0 saturated carbocycles. The molecule has 1 amide bonds. The number of hydrogen-bond acceptors (Lipinski definition) is 5. The molecule has 2 aromatic carbocycles. The molecular weight excluding hydrogens is 294 g/mol. The van der Waals surface area contributed by atoms with Crippen LogP contribution < -0.4 is 10.1 Å². The molecule has 0 aliphatic rings. The van der Waals surface area contributed by atoms with E-state index in [2.05, 4.69) is 15.5 Å². The maximum atomic E-state index is 11.7. The van der Waals surface area contributed by atoms with Gasteiger partial charge in [-0.05, 0) is 30.3 Å². The minimum absolute atomic E-state index is 0.170. The molecule has 0 aliphatic heterocycles. The molecule has 1 N–H and O–H groups in total. The Balaban J connectivity index is 1.98. The predicted molar refractivity (Wildman–Crippen MR) is 85.1 cm³/mol. The highest BCUT2D eigenvalue weighted by molar-refractivity contribution is 5.95. The van der Waals surface area contributed by atoms with Crippen LogP contribution in [0, 0.1) is 0 Å². The van der Waals surface area contributed by atoms with E-state index in [1.807, 2.05) is 30.3 Å². The molecule has 0 atom stereocenters. The Bertz CT molecular complexity index is 842. The molecule has 3 aromatic rings. The van der Waals surface area contributed by atoms with Gasteiger partial charge in [-0.1, -0.05) is 18.2 Å². The number of nitrogens with zero attached hydrogens (tertiary/aromatic N) is 2. The third kappa shape index (κ3) is 2.91. The van der Waals surface area contributed by atoms with E-state index < -0.39 is 0 Å². The van der Waals surface area contributed by atoms with Crippen LogP contribution >= 0.6 is 0 Å². The first-order chi connectivity index (χ1) is 11.2. The SMILES string of the molecule is CNC(=O)c1cccc(-c2nnc(-c3ccccc3OC)o2)c1. The second-order valence-electron chi connectivity index (χ2n) is 4.77. The summed E-state index contributed by atoms with van der Waals surface area (Å²) in [5.74, 6) is 1.19. The summed E-state index contributed by atoms with van der Waals surface area (Å²) >= 11 is 0. The fraction of sp³-hybridized carbons (Fsp3) is 0.118. The molecule has 0 unspecified atom stereocenters. The van der Waals surface area contributed by atoms with E-state index in [4.69, 9.17) is 9.15 Å². The second kappa shape index (κ2) is 6.31. The van der Waals surface area contributed by atoms with Crippen LogP contribution in [0.4, 0.5) is 0 Å². The standard InChI is InChI=1S/C17H15N3O3/c1-18-15(21)11-6-5-7-12(10-11)16-19-20-17(23-16)13-8-3-4-9-14(13)22-2/h3-10H,1-2H3,(H,18,21). The number of benzene rings is 2. The first kappa shape index (κ1) is 14.8. The van der Waals surface area contributed by atoms with Crippen LogP contribution in [0.2, 0.25) is 0 Å². The molecule has 116 valence electrons. The summed E-state index contributed by atoms with van der Waals surface area (Å²) in [5.41, 5.74) is 1.93. The quantitative estimate of drug-likeness (QED) is 0.802.